The summed E-state index contributed by atoms with van der Waals surface area (Å²) >= 11 is 0. The van der Waals surface area contributed by atoms with Gasteiger partial charge in [-0.3, -0.25) is 0 Å². The number of aryl methyl sites for hydroxylation is 1. The highest BCUT2D eigenvalue weighted by Crippen LogP contribution is 2.40. The molecule has 1 aromatic heterocycles. The molecule has 0 aliphatic carbocycles. The number of nitrogens with zero attached hydrogens (tertiary/aromatic N) is 4. The zero-order chi connectivity index (χ0) is 19.0. The lowest BCUT2D eigenvalue weighted by Gasteiger charge is -2.47. The minimum atomic E-state index is 0. The summed E-state index contributed by atoms with van der Waals surface area (Å²) in [5, 5.41) is 7.92. The number of benzene rings is 2. The van der Waals surface area contributed by atoms with E-state index in [-0.39, 0.29) is 1.43 Å². The van der Waals surface area contributed by atoms with Crippen LogP contribution in [0.15, 0.2) is 54.9 Å². The molecule has 0 bridgehead atoms. The summed E-state index contributed by atoms with van der Waals surface area (Å²) in [6.07, 6.45) is 4.17. The van der Waals surface area contributed by atoms with Crippen LogP contribution >= 0.6 is 0 Å². The Balaban J connectivity index is 0.00000205. The Morgan fingerprint density at radius 1 is 1.04 bits per heavy atom. The highest BCUT2D eigenvalue weighted by molar-refractivity contribution is 5.64. The van der Waals surface area contributed by atoms with Crippen molar-refractivity contribution in [2.45, 2.75) is 19.8 Å². The molecular formula is C22H27N5O. The van der Waals surface area contributed by atoms with Gasteiger partial charge in [-0.15, -0.1) is 5.10 Å². The summed E-state index contributed by atoms with van der Waals surface area (Å²) in [4.78, 5) is 6.89. The Labute approximate surface area is 166 Å². The Kier molecular flexibility index (Phi) is 4.28. The predicted molar refractivity (Wildman–Crippen MR) is 113 cm³/mol. The Bertz CT molecular complexity index is 960. The summed E-state index contributed by atoms with van der Waals surface area (Å²) in [5.41, 5.74) is 4.97. The monoisotopic (exact) mass is 377 g/mol. The van der Waals surface area contributed by atoms with Gasteiger partial charge in [-0.1, -0.05) is 18.2 Å². The molecule has 2 aliphatic rings. The van der Waals surface area contributed by atoms with Crippen LogP contribution in [0.5, 0.6) is 0 Å². The second-order valence-corrected chi connectivity index (χ2v) is 8.01. The van der Waals surface area contributed by atoms with Crippen molar-refractivity contribution in [2.24, 2.45) is 5.41 Å². The summed E-state index contributed by atoms with van der Waals surface area (Å²) in [6, 6.07) is 16.6. The van der Waals surface area contributed by atoms with Crippen LogP contribution in [-0.2, 0) is 4.74 Å². The van der Waals surface area contributed by atoms with E-state index in [1.807, 2.05) is 30.3 Å². The van der Waals surface area contributed by atoms with Crippen LogP contribution in [0.25, 0.3) is 5.69 Å². The van der Waals surface area contributed by atoms with Crippen LogP contribution in [-0.4, -0.2) is 41.1 Å². The highest BCUT2D eigenvalue weighted by Gasteiger charge is 2.41. The normalized spacial score (nSPS) is 18.1. The van der Waals surface area contributed by atoms with Gasteiger partial charge >= 0.3 is 0 Å². The molecule has 146 valence electrons. The standard InChI is InChI=1S/C22H25N5O.H2/c1-17-11-18(24-21-23-16-27(25-21)19-5-3-2-4-6-19)13-20(12-17)26-9-7-22(8-10-26)14-28-15-22;/h2-6,11-13,16H,7-10,14-15H2,1H3,(H,24,25);1H. The number of para-hydroxylation sites is 1. The Morgan fingerprint density at radius 2 is 1.82 bits per heavy atom. The van der Waals surface area contributed by atoms with Gasteiger partial charge in [-0.25, -0.2) is 4.68 Å². The van der Waals surface area contributed by atoms with E-state index in [1.165, 1.54) is 24.1 Å². The first-order valence-electron chi connectivity index (χ1n) is 9.88. The maximum Gasteiger partial charge on any atom is 0.246 e. The number of rotatable bonds is 4. The van der Waals surface area contributed by atoms with Crippen LogP contribution < -0.4 is 10.2 Å². The molecule has 3 aromatic rings. The van der Waals surface area contributed by atoms with E-state index in [1.54, 1.807) is 11.0 Å². The van der Waals surface area contributed by atoms with Gasteiger partial charge in [0.15, 0.2) is 0 Å². The maximum absolute atomic E-state index is 5.45. The number of aromatic nitrogens is 3. The SMILES string of the molecule is Cc1cc(Nc2ncn(-c3ccccc3)n2)cc(N2CCC3(CC2)COC3)c1.[HH]. The lowest BCUT2D eigenvalue weighted by Crippen LogP contribution is -2.50. The third kappa shape index (κ3) is 3.36. The van der Waals surface area contributed by atoms with Crippen molar-refractivity contribution in [1.29, 1.82) is 0 Å². The van der Waals surface area contributed by atoms with E-state index in [9.17, 15) is 0 Å². The lowest BCUT2D eigenvalue weighted by molar-refractivity contribution is -0.124. The summed E-state index contributed by atoms with van der Waals surface area (Å²) in [5.74, 6) is 0.601. The molecule has 0 radical (unpaired) electrons. The van der Waals surface area contributed by atoms with Gasteiger partial charge in [-0.2, -0.15) is 4.98 Å². The summed E-state index contributed by atoms with van der Waals surface area (Å²) in [7, 11) is 0. The average molecular weight is 377 g/mol. The largest absolute Gasteiger partial charge is 0.380 e. The molecule has 1 spiro atoms. The van der Waals surface area contributed by atoms with Gasteiger partial charge < -0.3 is 15.0 Å². The lowest BCUT2D eigenvalue weighted by atomic mass is 9.77. The fourth-order valence-corrected chi connectivity index (χ4v) is 4.09. The topological polar surface area (TPSA) is 55.2 Å². The Morgan fingerprint density at radius 3 is 2.54 bits per heavy atom. The Hall–Kier alpha value is -2.86. The minimum Gasteiger partial charge on any atom is -0.380 e. The van der Waals surface area contributed by atoms with E-state index >= 15 is 0 Å². The van der Waals surface area contributed by atoms with Crippen LogP contribution in [0.4, 0.5) is 17.3 Å². The van der Waals surface area contributed by atoms with Gasteiger partial charge in [0.05, 0.1) is 18.9 Å². The first-order valence-corrected chi connectivity index (χ1v) is 9.88. The molecule has 3 heterocycles. The number of hydrogen-bond acceptors (Lipinski definition) is 5. The molecule has 2 aliphatic heterocycles. The number of hydrogen-bond donors (Lipinski definition) is 1. The van der Waals surface area contributed by atoms with E-state index in [0.29, 0.717) is 11.4 Å². The molecule has 0 atom stereocenters. The van der Waals surface area contributed by atoms with Gasteiger partial charge in [0.2, 0.25) is 5.95 Å². The maximum atomic E-state index is 5.45. The van der Waals surface area contributed by atoms with E-state index in [4.69, 9.17) is 4.74 Å². The number of nitrogens with one attached hydrogen (secondary N) is 1. The van der Waals surface area contributed by atoms with Gasteiger partial charge in [0.25, 0.3) is 0 Å². The highest BCUT2D eigenvalue weighted by atomic mass is 16.5. The quantitative estimate of drug-likeness (QED) is 0.739. The number of piperidine rings is 1. The zero-order valence-electron chi connectivity index (χ0n) is 16.1. The molecule has 0 unspecified atom stereocenters. The van der Waals surface area contributed by atoms with Crippen molar-refractivity contribution < 1.29 is 6.16 Å². The molecule has 0 saturated carbocycles. The zero-order valence-corrected chi connectivity index (χ0v) is 16.1. The van der Waals surface area contributed by atoms with E-state index < -0.39 is 0 Å². The van der Waals surface area contributed by atoms with Crippen LogP contribution in [0.3, 0.4) is 0 Å². The molecule has 2 fully saturated rings. The molecular weight excluding hydrogens is 350 g/mol. The molecule has 5 rings (SSSR count). The van der Waals surface area contributed by atoms with Crippen LogP contribution in [0, 0.1) is 12.3 Å². The summed E-state index contributed by atoms with van der Waals surface area (Å²) < 4.78 is 7.23. The van der Waals surface area contributed by atoms with Crippen molar-refractivity contribution >= 4 is 17.3 Å². The average Bonchev–Trinajstić information content (AvgIpc) is 3.15. The predicted octanol–water partition coefficient (Wildman–Crippen LogP) is 4.18. The van der Waals surface area contributed by atoms with Crippen LogP contribution in [0.2, 0.25) is 0 Å². The first-order chi connectivity index (χ1) is 13.7. The number of anilines is 3. The first kappa shape index (κ1) is 17.3. The minimum absolute atomic E-state index is 0. The van der Waals surface area contributed by atoms with Gasteiger partial charge in [-0.05, 0) is 55.7 Å². The van der Waals surface area contributed by atoms with Gasteiger partial charge in [0, 0.05) is 31.3 Å². The molecule has 6 nitrogen and oxygen atoms in total. The van der Waals surface area contributed by atoms with Crippen molar-refractivity contribution in [1.82, 2.24) is 14.8 Å². The van der Waals surface area contributed by atoms with Crippen molar-refractivity contribution in [3.05, 3.63) is 60.4 Å². The third-order valence-electron chi connectivity index (χ3n) is 5.84. The number of ether oxygens (including phenoxy) is 1. The molecule has 2 saturated heterocycles. The van der Waals surface area contributed by atoms with Crippen molar-refractivity contribution in [3.8, 4) is 5.69 Å². The smallest absolute Gasteiger partial charge is 0.246 e. The van der Waals surface area contributed by atoms with Crippen molar-refractivity contribution in [2.75, 3.05) is 36.5 Å². The molecule has 6 heteroatoms. The molecule has 2 aromatic carbocycles. The van der Waals surface area contributed by atoms with Gasteiger partial charge in [0.1, 0.15) is 6.33 Å². The van der Waals surface area contributed by atoms with E-state index in [0.717, 1.165) is 37.7 Å². The second kappa shape index (κ2) is 6.95. The summed E-state index contributed by atoms with van der Waals surface area (Å²) in [6.45, 7) is 6.20. The molecule has 1 N–H and O–H groups in total. The molecule has 28 heavy (non-hydrogen) atoms. The third-order valence-corrected chi connectivity index (χ3v) is 5.84. The van der Waals surface area contributed by atoms with E-state index in [2.05, 4.69) is 45.4 Å². The second-order valence-electron chi connectivity index (χ2n) is 8.01. The fraction of sp³-hybridized carbons (Fsp3) is 0.364. The van der Waals surface area contributed by atoms with Crippen molar-refractivity contribution in [3.63, 3.8) is 0 Å². The fourth-order valence-electron chi connectivity index (χ4n) is 4.09. The molecule has 0 amide bonds. The van der Waals surface area contributed by atoms with Crippen LogP contribution in [0.1, 0.15) is 19.8 Å².